The van der Waals surface area contributed by atoms with Crippen molar-refractivity contribution < 1.29 is 27.2 Å². The molecule has 3 atom stereocenters. The topological polar surface area (TPSA) is 47.1 Å². The normalized spacial score (nSPS) is 21.3. The number of carbonyl (C=O) groups is 2. The van der Waals surface area contributed by atoms with E-state index in [-0.39, 0.29) is 29.8 Å². The maximum atomic E-state index is 14.0. The van der Waals surface area contributed by atoms with E-state index in [9.17, 15) is 27.2 Å². The number of hydrogen-bond donors (Lipinski definition) is 0. The Morgan fingerprint density at radius 2 is 1.68 bits per heavy atom. The Bertz CT molecular complexity index is 1240. The van der Waals surface area contributed by atoms with Crippen molar-refractivity contribution in [2.45, 2.75) is 64.8 Å². The Kier molecular flexibility index (Phi) is 8.77. The van der Waals surface area contributed by atoms with Gasteiger partial charge in [0.25, 0.3) is 0 Å². The average Bonchev–Trinajstić information content (AvgIpc) is 2.90. The van der Waals surface area contributed by atoms with Gasteiger partial charge in [-0.1, -0.05) is 17.7 Å². The van der Waals surface area contributed by atoms with Gasteiger partial charge in [0.2, 0.25) is 5.91 Å². The van der Waals surface area contributed by atoms with Crippen molar-refractivity contribution in [3.63, 3.8) is 0 Å². The number of piperazine rings is 1. The number of urea groups is 1. The van der Waals surface area contributed by atoms with Crippen LogP contribution in [-0.2, 0) is 11.0 Å². The summed E-state index contributed by atoms with van der Waals surface area (Å²) >= 11 is 0. The molecule has 2 aromatic carbocycles. The van der Waals surface area contributed by atoms with Crippen LogP contribution in [0.3, 0.4) is 0 Å². The highest BCUT2D eigenvalue weighted by Gasteiger charge is 2.39. The summed E-state index contributed by atoms with van der Waals surface area (Å²) in [5.74, 6) is -0.287. The highest BCUT2D eigenvalue weighted by molar-refractivity contribution is 5.75. The molecule has 2 aliphatic rings. The second-order valence-corrected chi connectivity index (χ2v) is 11.1. The summed E-state index contributed by atoms with van der Waals surface area (Å²) in [6.45, 7) is 10.0. The first-order valence-electron chi connectivity index (χ1n) is 13.7. The van der Waals surface area contributed by atoms with Gasteiger partial charge in [0.15, 0.2) is 0 Å². The number of amides is 3. The zero-order chi connectivity index (χ0) is 29.4. The van der Waals surface area contributed by atoms with Gasteiger partial charge in [-0.3, -0.25) is 9.69 Å². The Balaban J connectivity index is 1.58. The molecule has 10 heteroatoms. The van der Waals surface area contributed by atoms with Gasteiger partial charge < -0.3 is 14.7 Å². The molecule has 2 aromatic rings. The van der Waals surface area contributed by atoms with Crippen molar-refractivity contribution in [1.82, 2.24) is 19.6 Å². The molecule has 2 saturated heterocycles. The van der Waals surface area contributed by atoms with Crippen LogP contribution in [0.2, 0.25) is 0 Å². The smallest absolute Gasteiger partial charge is 0.340 e. The lowest BCUT2D eigenvalue weighted by Gasteiger charge is -2.47. The predicted molar refractivity (Wildman–Crippen MR) is 145 cm³/mol. The maximum absolute atomic E-state index is 14.0. The molecule has 3 amide bonds. The van der Waals surface area contributed by atoms with E-state index in [0.29, 0.717) is 37.2 Å². The molecule has 40 heavy (non-hydrogen) atoms. The van der Waals surface area contributed by atoms with Gasteiger partial charge in [0, 0.05) is 52.7 Å². The van der Waals surface area contributed by atoms with Gasteiger partial charge in [-0.2, -0.15) is 13.2 Å². The molecule has 0 unspecified atom stereocenters. The van der Waals surface area contributed by atoms with E-state index in [2.05, 4.69) is 4.90 Å². The summed E-state index contributed by atoms with van der Waals surface area (Å²) < 4.78 is 54.4. The molecular weight excluding hydrogens is 524 g/mol. The maximum Gasteiger partial charge on any atom is 0.416 e. The minimum atomic E-state index is -4.48. The zero-order valence-electron chi connectivity index (χ0n) is 23.8. The Labute approximate surface area is 233 Å². The number of benzene rings is 2. The minimum Gasteiger partial charge on any atom is -0.340 e. The van der Waals surface area contributed by atoms with Crippen molar-refractivity contribution in [3.8, 4) is 0 Å². The molecule has 0 N–H and O–H groups in total. The molecule has 6 nitrogen and oxygen atoms in total. The third-order valence-electron chi connectivity index (χ3n) is 8.48. The van der Waals surface area contributed by atoms with E-state index in [1.54, 1.807) is 44.9 Å². The summed E-state index contributed by atoms with van der Waals surface area (Å²) in [6.07, 6.45) is -3.11. The molecule has 0 bridgehead atoms. The van der Waals surface area contributed by atoms with Crippen LogP contribution in [-0.4, -0.2) is 77.4 Å². The second kappa shape index (κ2) is 11.8. The molecule has 2 aliphatic heterocycles. The lowest BCUT2D eigenvalue weighted by atomic mass is 9.88. The standard InChI is InChI=1S/C30H38F4N4O2/c1-19-14-23(17-24(15-19)30(32,33)34)21(3)35(5)29(40)38-9-8-26(37-12-10-36(11-13-37)22(4)39)18-28(38)27-7-6-25(31)16-20(27)2/h6-7,14-17,21,26,28H,8-13,18H2,1-5H3/t21-,26+,28+/m1/s1. The second-order valence-electron chi connectivity index (χ2n) is 11.1. The molecule has 4 rings (SSSR count). The molecule has 0 spiro atoms. The van der Waals surface area contributed by atoms with Crippen molar-refractivity contribution in [3.05, 3.63) is 70.0 Å². The van der Waals surface area contributed by atoms with Gasteiger partial charge in [-0.25, -0.2) is 9.18 Å². The lowest BCUT2D eigenvalue weighted by Crippen LogP contribution is -2.56. The first-order valence-corrected chi connectivity index (χ1v) is 13.7. The van der Waals surface area contributed by atoms with E-state index < -0.39 is 17.8 Å². The van der Waals surface area contributed by atoms with Crippen molar-refractivity contribution in [1.29, 1.82) is 0 Å². The van der Waals surface area contributed by atoms with Crippen molar-refractivity contribution in [2.24, 2.45) is 0 Å². The molecule has 0 saturated carbocycles. The minimum absolute atomic E-state index is 0.0630. The SMILES string of the molecule is CC(=O)N1CCN([C@H]2CCN(C(=O)N(C)[C@H](C)c3cc(C)cc(C(F)(F)F)c3)[C@H](c3ccc(F)cc3C)C2)CC1. The van der Waals surface area contributed by atoms with E-state index in [4.69, 9.17) is 0 Å². The number of likely N-dealkylation sites (tertiary alicyclic amines) is 1. The van der Waals surface area contributed by atoms with Crippen LogP contribution < -0.4 is 0 Å². The Morgan fingerprint density at radius 1 is 1.00 bits per heavy atom. The molecule has 2 heterocycles. The Morgan fingerprint density at radius 3 is 2.27 bits per heavy atom. The molecular formula is C30H38F4N4O2. The first-order chi connectivity index (χ1) is 18.8. The van der Waals surface area contributed by atoms with Gasteiger partial charge in [0.1, 0.15) is 5.82 Å². The monoisotopic (exact) mass is 562 g/mol. The summed E-state index contributed by atoms with van der Waals surface area (Å²) in [5.41, 5.74) is 1.76. The molecule has 0 radical (unpaired) electrons. The van der Waals surface area contributed by atoms with Gasteiger partial charge >= 0.3 is 12.2 Å². The molecule has 218 valence electrons. The summed E-state index contributed by atoms with van der Waals surface area (Å²) in [5, 5.41) is 0. The van der Waals surface area contributed by atoms with Crippen LogP contribution in [0.4, 0.5) is 22.4 Å². The predicted octanol–water partition coefficient (Wildman–Crippen LogP) is 5.94. The van der Waals surface area contributed by atoms with Crippen LogP contribution in [0.15, 0.2) is 36.4 Å². The quantitative estimate of drug-likeness (QED) is 0.433. The van der Waals surface area contributed by atoms with Gasteiger partial charge in [-0.05, 0) is 74.6 Å². The number of piperidine rings is 1. The zero-order valence-corrected chi connectivity index (χ0v) is 23.8. The largest absolute Gasteiger partial charge is 0.416 e. The van der Waals surface area contributed by atoms with Crippen LogP contribution in [0, 0.1) is 19.7 Å². The summed E-state index contributed by atoms with van der Waals surface area (Å²) in [4.78, 5) is 33.2. The number of aryl methyl sites for hydroxylation is 2. The number of rotatable bonds is 4. The Hall–Kier alpha value is -3.14. The van der Waals surface area contributed by atoms with Crippen molar-refractivity contribution >= 4 is 11.9 Å². The fourth-order valence-corrected chi connectivity index (χ4v) is 6.03. The third-order valence-corrected chi connectivity index (χ3v) is 8.48. The van der Waals surface area contributed by atoms with Gasteiger partial charge in [-0.15, -0.1) is 0 Å². The number of carbonyl (C=O) groups excluding carboxylic acids is 2. The van der Waals surface area contributed by atoms with Crippen LogP contribution in [0.5, 0.6) is 0 Å². The highest BCUT2D eigenvalue weighted by Crippen LogP contribution is 2.38. The number of halogens is 4. The highest BCUT2D eigenvalue weighted by atomic mass is 19.4. The van der Waals surface area contributed by atoms with E-state index in [1.165, 1.54) is 17.0 Å². The number of nitrogens with zero attached hydrogens (tertiary/aromatic N) is 4. The fourth-order valence-electron chi connectivity index (χ4n) is 6.03. The van der Waals surface area contributed by atoms with E-state index in [1.807, 2.05) is 11.8 Å². The van der Waals surface area contributed by atoms with E-state index in [0.717, 1.165) is 42.8 Å². The summed E-state index contributed by atoms with van der Waals surface area (Å²) in [6, 6.07) is 7.46. The van der Waals surface area contributed by atoms with Gasteiger partial charge in [0.05, 0.1) is 17.6 Å². The van der Waals surface area contributed by atoms with E-state index >= 15 is 0 Å². The third kappa shape index (κ3) is 6.43. The number of hydrogen-bond acceptors (Lipinski definition) is 3. The lowest BCUT2D eigenvalue weighted by molar-refractivity contribution is -0.137. The van der Waals surface area contributed by atoms with Crippen LogP contribution in [0.1, 0.15) is 66.6 Å². The van der Waals surface area contributed by atoms with Crippen LogP contribution >= 0.6 is 0 Å². The number of alkyl halides is 3. The molecule has 0 aliphatic carbocycles. The van der Waals surface area contributed by atoms with Crippen molar-refractivity contribution in [2.75, 3.05) is 39.8 Å². The first kappa shape index (κ1) is 29.8. The molecule has 2 fully saturated rings. The fraction of sp³-hybridized carbons (Fsp3) is 0.533. The average molecular weight is 563 g/mol. The molecule has 0 aromatic heterocycles. The van der Waals surface area contributed by atoms with Crippen LogP contribution in [0.25, 0.3) is 0 Å². The summed E-state index contributed by atoms with van der Waals surface area (Å²) in [7, 11) is 1.62.